The molecule has 142 valence electrons. The first-order valence-electron chi connectivity index (χ1n) is 9.29. The van der Waals surface area contributed by atoms with Gasteiger partial charge in [0.25, 0.3) is 0 Å². The lowest BCUT2D eigenvalue weighted by Gasteiger charge is -2.32. The molecule has 1 amide bonds. The number of esters is 1. The molecule has 0 saturated heterocycles. The molecule has 0 aromatic heterocycles. The fourth-order valence-electron chi connectivity index (χ4n) is 3.31. The van der Waals surface area contributed by atoms with Gasteiger partial charge in [0.2, 0.25) is 0 Å². The second kappa shape index (κ2) is 8.71. The lowest BCUT2D eigenvalue weighted by molar-refractivity contribution is 0.0122. The van der Waals surface area contributed by atoms with E-state index in [0.29, 0.717) is 24.3 Å². The van der Waals surface area contributed by atoms with Crippen LogP contribution >= 0.6 is 0 Å². The summed E-state index contributed by atoms with van der Waals surface area (Å²) in [6.45, 7) is 4.35. The van der Waals surface area contributed by atoms with Crippen molar-refractivity contribution in [1.82, 2.24) is 5.32 Å². The van der Waals surface area contributed by atoms with E-state index < -0.39 is 12.2 Å². The van der Waals surface area contributed by atoms with Crippen LogP contribution in [-0.4, -0.2) is 24.2 Å². The van der Waals surface area contributed by atoms with Crippen LogP contribution in [-0.2, 0) is 22.5 Å². The molecule has 3 rings (SSSR count). The van der Waals surface area contributed by atoms with Gasteiger partial charge in [-0.25, -0.2) is 9.59 Å². The van der Waals surface area contributed by atoms with Crippen LogP contribution < -0.4 is 5.32 Å². The van der Waals surface area contributed by atoms with Gasteiger partial charge in [0.05, 0.1) is 11.6 Å². The summed E-state index contributed by atoms with van der Waals surface area (Å²) in [6, 6.07) is 16.7. The third-order valence-corrected chi connectivity index (χ3v) is 4.61. The number of hydrogen-bond acceptors (Lipinski definition) is 4. The number of ether oxygens (including phenoxy) is 2. The Hall–Kier alpha value is -2.82. The van der Waals surface area contributed by atoms with Crippen molar-refractivity contribution in [3.63, 3.8) is 0 Å². The summed E-state index contributed by atoms with van der Waals surface area (Å²) in [5.74, 6) is -0.00430. The van der Waals surface area contributed by atoms with Crippen LogP contribution in [0.1, 0.15) is 41.8 Å². The van der Waals surface area contributed by atoms with Gasteiger partial charge >= 0.3 is 12.1 Å². The van der Waals surface area contributed by atoms with E-state index >= 15 is 0 Å². The average Bonchev–Trinajstić information content (AvgIpc) is 2.66. The molecule has 2 aromatic carbocycles. The van der Waals surface area contributed by atoms with Crippen molar-refractivity contribution in [2.24, 2.45) is 5.92 Å². The number of hydrogen-bond donors (Lipinski definition) is 1. The van der Waals surface area contributed by atoms with E-state index in [1.165, 1.54) is 0 Å². The highest BCUT2D eigenvalue weighted by atomic mass is 16.6. The largest absolute Gasteiger partial charge is 0.456 e. The quantitative estimate of drug-likeness (QED) is 0.781. The van der Waals surface area contributed by atoms with Crippen LogP contribution in [0, 0.1) is 5.92 Å². The molecule has 5 heteroatoms. The molecule has 0 spiro atoms. The molecular formula is C22H25NO4. The van der Waals surface area contributed by atoms with Gasteiger partial charge in [-0.3, -0.25) is 0 Å². The molecule has 1 aliphatic rings. The van der Waals surface area contributed by atoms with E-state index in [1.807, 2.05) is 48.5 Å². The SMILES string of the molecule is CC(C)C[C@H](NC(=O)OCc1ccccc1)[C@@H]1Cc2ccccc2C(=O)O1. The molecule has 1 aliphatic heterocycles. The number of carbonyl (C=O) groups is 2. The molecule has 1 heterocycles. The number of rotatable bonds is 6. The Labute approximate surface area is 159 Å². The number of fused-ring (bicyclic) bond motifs is 1. The first-order valence-corrected chi connectivity index (χ1v) is 9.29. The van der Waals surface area contributed by atoms with Gasteiger partial charge in [-0.2, -0.15) is 0 Å². The Balaban J connectivity index is 1.65. The van der Waals surface area contributed by atoms with E-state index in [9.17, 15) is 9.59 Å². The monoisotopic (exact) mass is 367 g/mol. The second-order valence-electron chi connectivity index (χ2n) is 7.25. The van der Waals surface area contributed by atoms with Gasteiger partial charge in [-0.1, -0.05) is 62.4 Å². The molecule has 0 aliphatic carbocycles. The minimum absolute atomic E-state index is 0.203. The molecule has 2 atom stereocenters. The Morgan fingerprint density at radius 1 is 1.15 bits per heavy atom. The number of cyclic esters (lactones) is 1. The summed E-state index contributed by atoms with van der Waals surface area (Å²) in [6.07, 6.45) is 0.372. The Morgan fingerprint density at radius 2 is 1.85 bits per heavy atom. The summed E-state index contributed by atoms with van der Waals surface area (Å²) in [5.41, 5.74) is 2.47. The van der Waals surface area contributed by atoms with Crippen molar-refractivity contribution in [2.75, 3.05) is 0 Å². The van der Waals surface area contributed by atoms with E-state index in [4.69, 9.17) is 9.47 Å². The van der Waals surface area contributed by atoms with Gasteiger partial charge in [0, 0.05) is 6.42 Å². The average molecular weight is 367 g/mol. The molecule has 0 radical (unpaired) electrons. The lowest BCUT2D eigenvalue weighted by Crippen LogP contribution is -2.48. The van der Waals surface area contributed by atoms with Crippen LogP contribution in [0.3, 0.4) is 0 Å². The predicted octanol–water partition coefficient (Wildman–Crippen LogP) is 4.11. The van der Waals surface area contributed by atoms with Crippen LogP contribution in [0.15, 0.2) is 54.6 Å². The number of benzene rings is 2. The maximum atomic E-state index is 12.3. The summed E-state index contributed by atoms with van der Waals surface area (Å²) in [5, 5.41) is 2.90. The Kier molecular flexibility index (Phi) is 6.12. The van der Waals surface area contributed by atoms with Gasteiger partial charge in [-0.05, 0) is 29.5 Å². The van der Waals surface area contributed by atoms with E-state index in [-0.39, 0.29) is 18.6 Å². The second-order valence-corrected chi connectivity index (χ2v) is 7.25. The van der Waals surface area contributed by atoms with Crippen LogP contribution in [0.4, 0.5) is 4.79 Å². The molecule has 0 saturated carbocycles. The van der Waals surface area contributed by atoms with Gasteiger partial charge in [-0.15, -0.1) is 0 Å². The van der Waals surface area contributed by atoms with Crippen molar-refractivity contribution in [3.05, 3.63) is 71.3 Å². The Bertz CT molecular complexity index is 788. The third-order valence-electron chi connectivity index (χ3n) is 4.61. The molecular weight excluding hydrogens is 342 g/mol. The highest BCUT2D eigenvalue weighted by Crippen LogP contribution is 2.24. The van der Waals surface area contributed by atoms with Crippen LogP contribution in [0.25, 0.3) is 0 Å². The van der Waals surface area contributed by atoms with Crippen molar-refractivity contribution < 1.29 is 19.1 Å². The summed E-state index contributed by atoms with van der Waals surface area (Å²) >= 11 is 0. The van der Waals surface area contributed by atoms with Crippen molar-refractivity contribution in [3.8, 4) is 0 Å². The number of amides is 1. The maximum Gasteiger partial charge on any atom is 0.407 e. The third kappa shape index (κ3) is 5.09. The minimum Gasteiger partial charge on any atom is -0.456 e. The zero-order valence-electron chi connectivity index (χ0n) is 15.7. The standard InChI is InChI=1S/C22H25NO4/c1-15(2)12-19(23-22(25)26-14-16-8-4-3-5-9-16)20-13-17-10-6-7-11-18(17)21(24)27-20/h3-11,15,19-20H,12-14H2,1-2H3,(H,23,25)/t19-,20-/m0/s1. The van der Waals surface area contributed by atoms with Gasteiger partial charge in [0.1, 0.15) is 12.7 Å². The van der Waals surface area contributed by atoms with Gasteiger partial charge in [0.15, 0.2) is 0 Å². The lowest BCUT2D eigenvalue weighted by atomic mass is 9.91. The maximum absolute atomic E-state index is 12.3. The van der Waals surface area contributed by atoms with Crippen LogP contribution in [0.2, 0.25) is 0 Å². The predicted molar refractivity (Wildman–Crippen MR) is 102 cm³/mol. The van der Waals surface area contributed by atoms with Crippen molar-refractivity contribution in [1.29, 1.82) is 0 Å². The van der Waals surface area contributed by atoms with Crippen molar-refractivity contribution >= 4 is 12.1 Å². The topological polar surface area (TPSA) is 64.6 Å². The molecule has 5 nitrogen and oxygen atoms in total. The summed E-state index contributed by atoms with van der Waals surface area (Å²) in [7, 11) is 0. The summed E-state index contributed by atoms with van der Waals surface area (Å²) < 4.78 is 11.0. The minimum atomic E-state index is -0.501. The molecule has 27 heavy (non-hydrogen) atoms. The zero-order valence-corrected chi connectivity index (χ0v) is 15.7. The first-order chi connectivity index (χ1) is 13.0. The zero-order chi connectivity index (χ0) is 19.2. The molecule has 2 aromatic rings. The Morgan fingerprint density at radius 3 is 2.59 bits per heavy atom. The van der Waals surface area contributed by atoms with Gasteiger partial charge < -0.3 is 14.8 Å². The van der Waals surface area contributed by atoms with E-state index in [0.717, 1.165) is 11.1 Å². The fraction of sp³-hybridized carbons (Fsp3) is 0.364. The molecule has 0 fully saturated rings. The summed E-state index contributed by atoms with van der Waals surface area (Å²) in [4.78, 5) is 24.6. The smallest absolute Gasteiger partial charge is 0.407 e. The fourth-order valence-corrected chi connectivity index (χ4v) is 3.31. The van der Waals surface area contributed by atoms with E-state index in [2.05, 4.69) is 19.2 Å². The first kappa shape index (κ1) is 19.0. The molecule has 1 N–H and O–H groups in total. The molecule has 0 unspecified atom stereocenters. The number of carbonyl (C=O) groups excluding carboxylic acids is 2. The number of alkyl carbamates (subject to hydrolysis) is 1. The van der Waals surface area contributed by atoms with E-state index in [1.54, 1.807) is 6.07 Å². The highest BCUT2D eigenvalue weighted by molar-refractivity contribution is 5.92. The normalized spacial score (nSPS) is 17.0. The van der Waals surface area contributed by atoms with Crippen molar-refractivity contribution in [2.45, 2.75) is 45.4 Å². The highest BCUT2D eigenvalue weighted by Gasteiger charge is 2.33. The van der Waals surface area contributed by atoms with Crippen LogP contribution in [0.5, 0.6) is 0 Å². The number of nitrogens with one attached hydrogen (secondary N) is 1. The molecule has 0 bridgehead atoms.